The van der Waals surface area contributed by atoms with Crippen LogP contribution in [0.15, 0.2) is 12.4 Å². The van der Waals surface area contributed by atoms with Gasteiger partial charge in [-0.25, -0.2) is 0 Å². The minimum absolute atomic E-state index is 0.417. The molecule has 14 heavy (non-hydrogen) atoms. The number of rotatable bonds is 6. The molecule has 1 N–H and O–H groups in total. The lowest BCUT2D eigenvalue weighted by Gasteiger charge is -2.05. The molecule has 80 valence electrons. The molecule has 0 amide bonds. The van der Waals surface area contributed by atoms with Crippen LogP contribution >= 0.6 is 11.6 Å². The van der Waals surface area contributed by atoms with Crippen molar-refractivity contribution in [3.05, 3.63) is 18.0 Å². The van der Waals surface area contributed by atoms with Crippen molar-refractivity contribution in [3.8, 4) is 0 Å². The van der Waals surface area contributed by atoms with E-state index < -0.39 is 6.10 Å². The van der Waals surface area contributed by atoms with Crippen LogP contribution in [0.25, 0.3) is 0 Å². The second kappa shape index (κ2) is 6.04. The van der Waals surface area contributed by atoms with Gasteiger partial charge >= 0.3 is 0 Å². The van der Waals surface area contributed by atoms with Gasteiger partial charge < -0.3 is 5.11 Å². The summed E-state index contributed by atoms with van der Waals surface area (Å²) in [5, 5.41) is 13.9. The summed E-state index contributed by atoms with van der Waals surface area (Å²) < 4.78 is 1.86. The van der Waals surface area contributed by atoms with Gasteiger partial charge in [0.25, 0.3) is 0 Å². The molecule has 0 aliphatic carbocycles. The van der Waals surface area contributed by atoms with Crippen LogP contribution in [-0.4, -0.2) is 20.8 Å². The highest BCUT2D eigenvalue weighted by Crippen LogP contribution is 2.17. The first-order chi connectivity index (χ1) is 6.77. The normalized spacial score (nSPS) is 13.1. The van der Waals surface area contributed by atoms with Crippen molar-refractivity contribution in [2.24, 2.45) is 0 Å². The van der Waals surface area contributed by atoms with Gasteiger partial charge in [0, 0.05) is 24.2 Å². The Morgan fingerprint density at radius 2 is 2.43 bits per heavy atom. The molecule has 4 heteroatoms. The van der Waals surface area contributed by atoms with Crippen molar-refractivity contribution in [2.45, 2.75) is 38.8 Å². The summed E-state index contributed by atoms with van der Waals surface area (Å²) >= 11 is 5.56. The zero-order chi connectivity index (χ0) is 10.4. The molecular formula is C10H17ClN2O. The number of hydrogen-bond acceptors (Lipinski definition) is 2. The predicted octanol–water partition coefficient (Wildman–Crippen LogP) is 2.35. The van der Waals surface area contributed by atoms with Gasteiger partial charge in [-0.2, -0.15) is 5.10 Å². The van der Waals surface area contributed by atoms with E-state index in [1.54, 1.807) is 6.20 Å². The van der Waals surface area contributed by atoms with Gasteiger partial charge in [0.1, 0.15) is 0 Å². The van der Waals surface area contributed by atoms with Crippen LogP contribution in [0.4, 0.5) is 0 Å². The van der Waals surface area contributed by atoms with Crippen LogP contribution in [-0.2, 0) is 6.54 Å². The maximum atomic E-state index is 9.72. The maximum Gasteiger partial charge on any atom is 0.0821 e. The van der Waals surface area contributed by atoms with Crippen LogP contribution in [0.3, 0.4) is 0 Å². The van der Waals surface area contributed by atoms with Crippen molar-refractivity contribution in [1.29, 1.82) is 0 Å². The molecular weight excluding hydrogens is 200 g/mol. The Balaban J connectivity index is 2.48. The smallest absolute Gasteiger partial charge is 0.0821 e. The highest BCUT2D eigenvalue weighted by atomic mass is 35.5. The number of aromatic nitrogens is 2. The van der Waals surface area contributed by atoms with Gasteiger partial charge in [-0.15, -0.1) is 11.6 Å². The highest BCUT2D eigenvalue weighted by Gasteiger charge is 2.08. The van der Waals surface area contributed by atoms with Gasteiger partial charge in [-0.3, -0.25) is 4.68 Å². The van der Waals surface area contributed by atoms with E-state index in [0.29, 0.717) is 12.3 Å². The molecule has 1 aromatic heterocycles. The third kappa shape index (κ3) is 3.31. The zero-order valence-corrected chi connectivity index (χ0v) is 9.24. The average Bonchev–Trinajstić information content (AvgIpc) is 2.63. The lowest BCUT2D eigenvalue weighted by molar-refractivity contribution is 0.166. The highest BCUT2D eigenvalue weighted by molar-refractivity contribution is 6.17. The standard InChI is InChI=1S/C10H17ClN2O/c1-2-6-13-8-9(7-12-13)10(14)4-3-5-11/h7-8,10,14H,2-6H2,1H3. The van der Waals surface area contributed by atoms with Crippen LogP contribution in [0.5, 0.6) is 0 Å². The number of aliphatic hydroxyl groups is 1. The largest absolute Gasteiger partial charge is 0.388 e. The Bertz CT molecular complexity index is 262. The maximum absolute atomic E-state index is 9.72. The molecule has 0 spiro atoms. The fraction of sp³-hybridized carbons (Fsp3) is 0.700. The van der Waals surface area contributed by atoms with Gasteiger partial charge in [-0.05, 0) is 19.3 Å². The van der Waals surface area contributed by atoms with E-state index in [2.05, 4.69) is 12.0 Å². The Labute approximate surface area is 89.7 Å². The molecule has 0 fully saturated rings. The first-order valence-electron chi connectivity index (χ1n) is 5.04. The summed E-state index contributed by atoms with van der Waals surface area (Å²) in [5.74, 6) is 0.597. The molecule has 1 aromatic rings. The minimum atomic E-state index is -0.417. The summed E-state index contributed by atoms with van der Waals surface area (Å²) in [7, 11) is 0. The molecule has 0 aromatic carbocycles. The fourth-order valence-electron chi connectivity index (χ4n) is 1.34. The monoisotopic (exact) mass is 216 g/mol. The van der Waals surface area contributed by atoms with Gasteiger partial charge in [0.2, 0.25) is 0 Å². The average molecular weight is 217 g/mol. The summed E-state index contributed by atoms with van der Waals surface area (Å²) in [5.41, 5.74) is 0.892. The quantitative estimate of drug-likeness (QED) is 0.742. The number of aryl methyl sites for hydroxylation is 1. The van der Waals surface area contributed by atoms with Crippen molar-refractivity contribution in [1.82, 2.24) is 9.78 Å². The van der Waals surface area contributed by atoms with E-state index in [1.165, 1.54) is 0 Å². The number of alkyl halides is 1. The molecule has 0 aliphatic heterocycles. The van der Waals surface area contributed by atoms with Crippen LogP contribution in [0, 0.1) is 0 Å². The van der Waals surface area contributed by atoms with E-state index in [9.17, 15) is 5.11 Å². The lowest BCUT2D eigenvalue weighted by Crippen LogP contribution is -1.98. The van der Waals surface area contributed by atoms with Crippen LogP contribution < -0.4 is 0 Å². The first-order valence-corrected chi connectivity index (χ1v) is 5.57. The molecule has 1 unspecified atom stereocenters. The van der Waals surface area contributed by atoms with Crippen molar-refractivity contribution >= 4 is 11.6 Å². The third-order valence-electron chi connectivity index (χ3n) is 2.10. The molecule has 0 aliphatic rings. The lowest BCUT2D eigenvalue weighted by atomic mass is 10.1. The Hall–Kier alpha value is -0.540. The number of aliphatic hydroxyl groups excluding tert-OH is 1. The topological polar surface area (TPSA) is 38.0 Å². The number of hydrogen-bond donors (Lipinski definition) is 1. The molecule has 1 atom stereocenters. The van der Waals surface area contributed by atoms with Gasteiger partial charge in [-0.1, -0.05) is 6.92 Å². The van der Waals surface area contributed by atoms with E-state index in [0.717, 1.165) is 24.9 Å². The summed E-state index contributed by atoms with van der Waals surface area (Å²) in [6.45, 7) is 3.01. The van der Waals surface area contributed by atoms with E-state index in [-0.39, 0.29) is 0 Å². The summed E-state index contributed by atoms with van der Waals surface area (Å²) in [6, 6.07) is 0. The van der Waals surface area contributed by atoms with Crippen molar-refractivity contribution in [3.63, 3.8) is 0 Å². The van der Waals surface area contributed by atoms with Crippen molar-refractivity contribution in [2.75, 3.05) is 5.88 Å². The summed E-state index contributed by atoms with van der Waals surface area (Å²) in [6.07, 6.45) is 5.82. The van der Waals surface area contributed by atoms with E-state index in [4.69, 9.17) is 11.6 Å². The molecule has 3 nitrogen and oxygen atoms in total. The van der Waals surface area contributed by atoms with Crippen LogP contribution in [0.1, 0.15) is 37.9 Å². The second-order valence-corrected chi connectivity index (χ2v) is 3.76. The van der Waals surface area contributed by atoms with E-state index in [1.807, 2.05) is 10.9 Å². The molecule has 1 heterocycles. The summed E-state index contributed by atoms with van der Waals surface area (Å²) in [4.78, 5) is 0. The molecule has 1 rings (SSSR count). The Morgan fingerprint density at radius 1 is 1.64 bits per heavy atom. The van der Waals surface area contributed by atoms with Gasteiger partial charge in [0.05, 0.1) is 12.3 Å². The van der Waals surface area contributed by atoms with Crippen molar-refractivity contribution < 1.29 is 5.11 Å². The third-order valence-corrected chi connectivity index (χ3v) is 2.37. The molecule has 0 bridgehead atoms. The SMILES string of the molecule is CCCn1cc(C(O)CCCCl)cn1. The number of halogens is 1. The zero-order valence-electron chi connectivity index (χ0n) is 8.49. The van der Waals surface area contributed by atoms with Crippen LogP contribution in [0.2, 0.25) is 0 Å². The predicted molar refractivity (Wildman–Crippen MR) is 57.4 cm³/mol. The first kappa shape index (κ1) is 11.5. The Kier molecular flexibility index (Phi) is 4.98. The minimum Gasteiger partial charge on any atom is -0.388 e. The Morgan fingerprint density at radius 3 is 3.07 bits per heavy atom. The fourth-order valence-corrected chi connectivity index (χ4v) is 1.49. The molecule has 0 saturated carbocycles. The number of nitrogens with zero attached hydrogens (tertiary/aromatic N) is 2. The molecule has 0 radical (unpaired) electrons. The second-order valence-electron chi connectivity index (χ2n) is 3.38. The molecule has 0 saturated heterocycles. The van der Waals surface area contributed by atoms with Gasteiger partial charge in [0.15, 0.2) is 0 Å². The van der Waals surface area contributed by atoms with E-state index >= 15 is 0 Å².